The summed E-state index contributed by atoms with van der Waals surface area (Å²) >= 11 is 0. The molecule has 0 spiro atoms. The lowest BCUT2D eigenvalue weighted by molar-refractivity contribution is -0.494. The van der Waals surface area contributed by atoms with Crippen LogP contribution < -0.4 is 5.32 Å². The van der Waals surface area contributed by atoms with Gasteiger partial charge in [0.15, 0.2) is 0 Å². The predicted molar refractivity (Wildman–Crippen MR) is 156 cm³/mol. The fraction of sp³-hybridized carbons (Fsp3) is 0.742. The van der Waals surface area contributed by atoms with E-state index in [1.54, 1.807) is 0 Å². The maximum absolute atomic E-state index is 14.5. The van der Waals surface area contributed by atoms with E-state index in [0.29, 0.717) is 6.07 Å². The van der Waals surface area contributed by atoms with Gasteiger partial charge in [-0.25, -0.2) is 4.79 Å². The van der Waals surface area contributed by atoms with Crippen molar-refractivity contribution in [3.63, 3.8) is 0 Å². The van der Waals surface area contributed by atoms with E-state index in [1.165, 1.54) is 5.32 Å². The second kappa shape index (κ2) is 18.0. The highest BCUT2D eigenvalue weighted by Crippen LogP contribution is 2.71. The molecule has 1 amide bonds. The maximum Gasteiger partial charge on any atom is 0.460 e. The molecule has 0 heterocycles. The first-order chi connectivity index (χ1) is 31.7. The number of hydrogen-bond donors (Lipinski definition) is 1. The molecule has 0 aliphatic heterocycles. The molecule has 1 atom stereocenters. The minimum Gasteiger partial charge on any atom is -0.349 e. The van der Waals surface area contributed by atoms with Gasteiger partial charge in [0.05, 0.1) is 5.69 Å². The maximum atomic E-state index is 14.5. The van der Waals surface area contributed by atoms with Gasteiger partial charge in [-0.1, -0.05) is 6.07 Å². The highest BCUT2D eigenvalue weighted by atomic mass is 19.4. The first kappa shape index (κ1) is 67.4. The van der Waals surface area contributed by atoms with Crippen LogP contribution in [0.3, 0.4) is 0 Å². The summed E-state index contributed by atoms with van der Waals surface area (Å²) < 4.78 is 543. The zero-order chi connectivity index (χ0) is 60.3. The van der Waals surface area contributed by atoms with Crippen LogP contribution in [0.2, 0.25) is 0 Å². The Hall–Kier alpha value is -4.66. The lowest BCUT2D eigenvalue weighted by atomic mass is 9.81. The first-order valence-corrected chi connectivity index (χ1v) is 17.1. The van der Waals surface area contributed by atoms with Crippen molar-refractivity contribution in [3.05, 3.63) is 29.3 Å². The third kappa shape index (κ3) is 8.44. The molecular formula is C31H13F39N2O2. The standard InChI is InChI=1S/C31H13F39N2O2/c1-8(72-12(74)10-4-3-5-11(9(10)2)71-7-73)6-13(32,33)14(34,35)15(36,37)16(38,39)17(40,41)18(42,43)19(44,45)20(46,47)21(48,49)22(50,51)23(52,53)24(54,55)25(56,57)26(58,59)27(60,61)28(62,63)29(64,65)30(66,67)31(68,69)70/h3-5,8H,6H2,1-2H3,(H,72,74). The molecule has 0 radical (unpaired) electrons. The van der Waals surface area contributed by atoms with E-state index in [4.69, 9.17) is 0 Å². The number of carbonyl (C=O) groups is 1. The number of rotatable bonds is 22. The topological polar surface area (TPSA) is 58.5 Å². The van der Waals surface area contributed by atoms with Gasteiger partial charge >= 0.3 is 113 Å². The highest BCUT2D eigenvalue weighted by molar-refractivity contribution is 5.97. The van der Waals surface area contributed by atoms with Gasteiger partial charge in [-0.3, -0.25) is 4.79 Å². The van der Waals surface area contributed by atoms with Crippen molar-refractivity contribution in [3.8, 4) is 0 Å². The molecule has 0 aliphatic rings. The lowest BCUT2D eigenvalue weighted by Crippen LogP contribution is -2.80. The Bertz CT molecular complexity index is 2290. The molecule has 43 heteroatoms. The number of alkyl halides is 39. The minimum atomic E-state index is -10.6. The number of aliphatic imine (C=N–C) groups is 1. The van der Waals surface area contributed by atoms with Gasteiger partial charge in [-0.2, -0.15) is 176 Å². The van der Waals surface area contributed by atoms with Crippen LogP contribution in [0.1, 0.15) is 29.3 Å². The van der Waals surface area contributed by atoms with E-state index in [1.807, 2.05) is 0 Å². The van der Waals surface area contributed by atoms with Crippen LogP contribution in [0.5, 0.6) is 0 Å². The molecule has 0 bridgehead atoms. The van der Waals surface area contributed by atoms with E-state index < -0.39 is 148 Å². The normalized spacial score (nSPS) is 16.5. The van der Waals surface area contributed by atoms with Gasteiger partial charge in [0, 0.05) is 18.0 Å². The summed E-state index contributed by atoms with van der Waals surface area (Å²) in [7, 11) is 0. The Morgan fingerprint density at radius 1 is 0.419 bits per heavy atom. The molecule has 0 fully saturated rings. The Kier molecular flexibility index (Phi) is 16.4. The fourth-order valence-corrected chi connectivity index (χ4v) is 5.27. The second-order valence-electron chi connectivity index (χ2n) is 14.7. The van der Waals surface area contributed by atoms with Gasteiger partial charge in [-0.15, -0.1) is 0 Å². The van der Waals surface area contributed by atoms with Crippen molar-refractivity contribution < 1.29 is 181 Å². The van der Waals surface area contributed by atoms with Gasteiger partial charge in [0.25, 0.3) is 5.91 Å². The predicted octanol–water partition coefficient (Wildman–Crippen LogP) is 14.5. The Labute approximate surface area is 378 Å². The second-order valence-corrected chi connectivity index (χ2v) is 14.7. The quantitative estimate of drug-likeness (QED) is 0.0714. The van der Waals surface area contributed by atoms with Gasteiger partial charge < -0.3 is 5.32 Å². The summed E-state index contributed by atoms with van der Waals surface area (Å²) in [6.07, 6.45) is -11.0. The minimum absolute atomic E-state index is 0.0320. The summed E-state index contributed by atoms with van der Waals surface area (Å²) in [6.45, 7) is 0.823. The number of hydrogen-bond acceptors (Lipinski definition) is 3. The number of benzene rings is 1. The van der Waals surface area contributed by atoms with Crippen molar-refractivity contribution >= 4 is 17.7 Å². The van der Waals surface area contributed by atoms with E-state index in [2.05, 4.69) is 4.99 Å². The van der Waals surface area contributed by atoms with Crippen molar-refractivity contribution in [1.82, 2.24) is 5.32 Å². The lowest BCUT2D eigenvalue weighted by Gasteiger charge is -2.47. The van der Waals surface area contributed by atoms with Crippen molar-refractivity contribution in [2.24, 2.45) is 4.99 Å². The fourth-order valence-electron chi connectivity index (χ4n) is 5.27. The first-order valence-electron chi connectivity index (χ1n) is 17.1. The van der Waals surface area contributed by atoms with E-state index >= 15 is 0 Å². The molecule has 1 aromatic rings. The van der Waals surface area contributed by atoms with E-state index in [-0.39, 0.29) is 6.92 Å². The van der Waals surface area contributed by atoms with Gasteiger partial charge in [0.2, 0.25) is 6.08 Å². The summed E-state index contributed by atoms with van der Waals surface area (Å²) in [5.41, 5.74) is -1.83. The number of carbonyl (C=O) groups excluding carboxylic acids is 2. The van der Waals surface area contributed by atoms with Crippen LogP contribution >= 0.6 is 0 Å². The summed E-state index contributed by atoms with van der Waals surface area (Å²) in [4.78, 5) is 25.8. The molecular weight excluding hydrogens is 1170 g/mol. The Morgan fingerprint density at radius 2 is 0.649 bits per heavy atom. The summed E-state index contributed by atoms with van der Waals surface area (Å²) in [6, 6.07) is -0.641. The van der Waals surface area contributed by atoms with Crippen LogP contribution in [0.25, 0.3) is 0 Å². The third-order valence-electron chi connectivity index (χ3n) is 9.78. The van der Waals surface area contributed by atoms with Crippen LogP contribution in [-0.2, 0) is 4.79 Å². The van der Waals surface area contributed by atoms with Crippen LogP contribution in [0, 0.1) is 6.92 Å². The number of amides is 1. The van der Waals surface area contributed by atoms with Crippen molar-refractivity contribution in [2.75, 3.05) is 0 Å². The number of halogens is 39. The molecule has 1 aromatic carbocycles. The van der Waals surface area contributed by atoms with Gasteiger partial charge in [-0.05, 0) is 31.5 Å². The van der Waals surface area contributed by atoms with Crippen LogP contribution in [-0.4, -0.2) is 131 Å². The largest absolute Gasteiger partial charge is 0.460 e. The SMILES string of the molecule is Cc1c(N=C=O)cccc1C(=O)NC(C)CC(F)(F)C(F)(F)C(F)(F)C(F)(F)C(F)(F)C(F)(F)C(F)(F)C(F)(F)C(F)(F)C(F)(F)C(F)(F)C(F)(F)C(F)(F)C(F)(F)C(F)(F)C(F)(F)C(F)(F)C(F)(F)C(F)(F)F. The van der Waals surface area contributed by atoms with Gasteiger partial charge in [0.1, 0.15) is 0 Å². The van der Waals surface area contributed by atoms with E-state index in [9.17, 15) is 181 Å². The molecule has 1 N–H and O–H groups in total. The molecule has 1 unspecified atom stereocenters. The molecule has 0 saturated heterocycles. The van der Waals surface area contributed by atoms with Crippen LogP contribution in [0.15, 0.2) is 23.2 Å². The van der Waals surface area contributed by atoms with Crippen LogP contribution in [0.4, 0.5) is 177 Å². The highest BCUT2D eigenvalue weighted by Gasteiger charge is 3.03. The molecule has 432 valence electrons. The van der Waals surface area contributed by atoms with Crippen molar-refractivity contribution in [2.45, 2.75) is 139 Å². The summed E-state index contributed by atoms with van der Waals surface area (Å²) in [5.74, 6) is -180. The zero-order valence-corrected chi connectivity index (χ0v) is 33.5. The Morgan fingerprint density at radius 3 is 0.878 bits per heavy atom. The third-order valence-corrected chi connectivity index (χ3v) is 9.78. The number of nitrogens with zero attached hydrogens (tertiary/aromatic N) is 1. The molecule has 74 heavy (non-hydrogen) atoms. The average Bonchev–Trinajstić information content (AvgIpc) is 3.19. The molecule has 0 saturated carbocycles. The Balaban J connectivity index is 3.99. The molecule has 0 aliphatic carbocycles. The van der Waals surface area contributed by atoms with E-state index in [0.717, 1.165) is 25.1 Å². The average molecular weight is 1190 g/mol. The number of nitrogens with one attached hydrogen (secondary N) is 1. The molecule has 0 aromatic heterocycles. The van der Waals surface area contributed by atoms with Crippen molar-refractivity contribution in [1.29, 1.82) is 0 Å². The molecule has 1 rings (SSSR count). The monoisotopic (exact) mass is 1190 g/mol. The smallest absolute Gasteiger partial charge is 0.349 e. The zero-order valence-electron chi connectivity index (χ0n) is 33.5. The summed E-state index contributed by atoms with van der Waals surface area (Å²) in [5, 5.41) is 1.17. The molecule has 4 nitrogen and oxygen atoms in total. The number of isocyanates is 1.